The maximum atomic E-state index is 13.1. The summed E-state index contributed by atoms with van der Waals surface area (Å²) in [6.45, 7) is 5.37. The van der Waals surface area contributed by atoms with E-state index in [0.717, 1.165) is 0 Å². The molecule has 6 heteroatoms. The van der Waals surface area contributed by atoms with E-state index >= 15 is 0 Å². The Kier molecular flexibility index (Phi) is 5.36. The van der Waals surface area contributed by atoms with E-state index in [1.54, 1.807) is 19.9 Å². The van der Waals surface area contributed by atoms with E-state index in [0.29, 0.717) is 55.2 Å². The van der Waals surface area contributed by atoms with E-state index in [9.17, 15) is 19.8 Å². The average Bonchev–Trinajstić information content (AvgIpc) is 3.10. The quantitative estimate of drug-likeness (QED) is 0.680. The molecule has 0 saturated carbocycles. The maximum Gasteiger partial charge on any atom is 0.333 e. The molecule has 1 aliphatic carbocycles. The number of ketones is 1. The van der Waals surface area contributed by atoms with Gasteiger partial charge in [-0.2, -0.15) is 0 Å². The van der Waals surface area contributed by atoms with Crippen LogP contribution in [0.25, 0.3) is 0 Å². The number of ether oxygens (including phenoxy) is 2. The van der Waals surface area contributed by atoms with Gasteiger partial charge >= 0.3 is 5.97 Å². The zero-order valence-electron chi connectivity index (χ0n) is 16.6. The summed E-state index contributed by atoms with van der Waals surface area (Å²) in [5.74, 6) is -1.19. The van der Waals surface area contributed by atoms with Crippen molar-refractivity contribution in [2.45, 2.75) is 82.7 Å². The first-order valence-corrected chi connectivity index (χ1v) is 9.70. The Bertz CT molecular complexity index is 703. The molecule has 1 fully saturated rings. The molecule has 1 saturated heterocycles. The summed E-state index contributed by atoms with van der Waals surface area (Å²) >= 11 is 0. The molecule has 0 spiro atoms. The van der Waals surface area contributed by atoms with E-state index in [1.165, 1.54) is 7.11 Å². The Morgan fingerprint density at radius 1 is 1.30 bits per heavy atom. The molecule has 0 amide bonds. The fourth-order valence-electron chi connectivity index (χ4n) is 4.79. The van der Waals surface area contributed by atoms with Gasteiger partial charge in [0.05, 0.1) is 36.4 Å². The van der Waals surface area contributed by atoms with Crippen molar-refractivity contribution in [2.24, 2.45) is 5.92 Å². The van der Waals surface area contributed by atoms with Crippen LogP contribution in [0.2, 0.25) is 0 Å². The zero-order valence-corrected chi connectivity index (χ0v) is 16.6. The highest BCUT2D eigenvalue weighted by Crippen LogP contribution is 2.47. The highest BCUT2D eigenvalue weighted by molar-refractivity contribution is 6.02. The molecule has 2 aliphatic heterocycles. The van der Waals surface area contributed by atoms with Crippen molar-refractivity contribution in [3.63, 3.8) is 0 Å². The second-order valence-electron chi connectivity index (χ2n) is 8.52. The first-order chi connectivity index (χ1) is 12.6. The summed E-state index contributed by atoms with van der Waals surface area (Å²) in [5, 5.41) is 21.7. The van der Waals surface area contributed by atoms with Crippen molar-refractivity contribution in [3.05, 3.63) is 22.8 Å². The number of esters is 1. The van der Waals surface area contributed by atoms with Gasteiger partial charge in [-0.1, -0.05) is 6.08 Å². The van der Waals surface area contributed by atoms with Crippen LogP contribution in [0.4, 0.5) is 0 Å². The molecular weight excluding hydrogens is 348 g/mol. The minimum absolute atomic E-state index is 0.105. The lowest BCUT2D eigenvalue weighted by molar-refractivity contribution is -0.160. The summed E-state index contributed by atoms with van der Waals surface area (Å²) in [4.78, 5) is 25.2. The number of carbonyl (C=O) groups excluding carboxylic acids is 2. The third-order valence-corrected chi connectivity index (χ3v) is 6.61. The molecule has 27 heavy (non-hydrogen) atoms. The number of aliphatic hydroxyl groups excluding tert-OH is 1. The van der Waals surface area contributed by atoms with E-state index in [-0.39, 0.29) is 5.78 Å². The Morgan fingerprint density at radius 3 is 2.67 bits per heavy atom. The van der Waals surface area contributed by atoms with Crippen molar-refractivity contribution < 1.29 is 29.3 Å². The molecule has 3 aliphatic rings. The number of hydrogen-bond acceptors (Lipinski definition) is 6. The van der Waals surface area contributed by atoms with E-state index < -0.39 is 35.3 Å². The zero-order chi connectivity index (χ0) is 20.0. The largest absolute Gasteiger partial charge is 0.466 e. The lowest BCUT2D eigenvalue weighted by atomic mass is 9.80. The van der Waals surface area contributed by atoms with Gasteiger partial charge in [0.15, 0.2) is 5.78 Å². The second-order valence-corrected chi connectivity index (χ2v) is 8.52. The molecule has 3 rings (SSSR count). The predicted octanol–water partition coefficient (Wildman–Crippen LogP) is 2.22. The third-order valence-electron chi connectivity index (χ3n) is 6.61. The van der Waals surface area contributed by atoms with Gasteiger partial charge in [0.25, 0.3) is 0 Å². The fourth-order valence-corrected chi connectivity index (χ4v) is 4.79. The number of aliphatic hydroxyl groups is 2. The fraction of sp³-hybridized carbons (Fsp3) is 0.714. The molecule has 0 aromatic carbocycles. The Hall–Kier alpha value is -1.50. The maximum absolute atomic E-state index is 13.1. The molecular formula is C21H30O6. The summed E-state index contributed by atoms with van der Waals surface area (Å²) < 4.78 is 11.1. The summed E-state index contributed by atoms with van der Waals surface area (Å²) in [6.07, 6.45) is 3.44. The molecule has 2 N–H and O–H groups in total. The monoisotopic (exact) mass is 378 g/mol. The first-order valence-electron chi connectivity index (χ1n) is 9.70. The smallest absolute Gasteiger partial charge is 0.333 e. The Balaban J connectivity index is 2.00. The van der Waals surface area contributed by atoms with Crippen LogP contribution < -0.4 is 0 Å². The van der Waals surface area contributed by atoms with E-state index in [1.807, 2.05) is 6.92 Å². The number of methoxy groups -OCH3 is 1. The molecule has 0 aromatic rings. The Morgan fingerprint density at radius 2 is 2.00 bits per heavy atom. The topological polar surface area (TPSA) is 93.1 Å². The lowest BCUT2D eigenvalue weighted by Gasteiger charge is -2.36. The number of rotatable bonds is 1. The highest BCUT2D eigenvalue weighted by Gasteiger charge is 2.55. The number of fused-ring (bicyclic) bond motifs is 5. The normalized spacial score (nSPS) is 40.1. The van der Waals surface area contributed by atoms with Gasteiger partial charge in [0.1, 0.15) is 0 Å². The van der Waals surface area contributed by atoms with Crippen molar-refractivity contribution in [1.82, 2.24) is 0 Å². The molecule has 2 heterocycles. The molecule has 0 radical (unpaired) electrons. The Labute approximate surface area is 160 Å². The van der Waals surface area contributed by atoms with Gasteiger partial charge in [-0.05, 0) is 70.4 Å². The van der Waals surface area contributed by atoms with E-state index in [4.69, 9.17) is 9.47 Å². The summed E-state index contributed by atoms with van der Waals surface area (Å²) in [6, 6.07) is 0. The van der Waals surface area contributed by atoms with Gasteiger partial charge in [0, 0.05) is 5.57 Å². The van der Waals surface area contributed by atoms with Gasteiger partial charge < -0.3 is 19.7 Å². The third kappa shape index (κ3) is 3.50. The SMILES string of the molecule is COC(=O)C1=CCCC(C)(O)C2CCC(C)(O2)C2C(=O)C(=C(C)C2O)CC1. The van der Waals surface area contributed by atoms with Crippen LogP contribution in [0.15, 0.2) is 22.8 Å². The molecule has 150 valence electrons. The van der Waals surface area contributed by atoms with Crippen LogP contribution >= 0.6 is 0 Å². The predicted molar refractivity (Wildman–Crippen MR) is 98.9 cm³/mol. The summed E-state index contributed by atoms with van der Waals surface area (Å²) in [7, 11) is 1.33. The molecule has 5 unspecified atom stereocenters. The number of allylic oxidation sites excluding steroid dienone is 2. The van der Waals surface area contributed by atoms with Crippen LogP contribution in [0.1, 0.15) is 59.3 Å². The summed E-state index contributed by atoms with van der Waals surface area (Å²) in [5.41, 5.74) is -0.147. The minimum Gasteiger partial charge on any atom is -0.466 e. The standard InChI is InChI=1S/C21H30O6/c1-12-14-8-7-13(19(24)26-4)6-5-10-20(2,25)15-9-11-21(3,27-15)16(17(12)22)18(14)23/h6,15-17,22,25H,5,7-11H2,1-4H3. The highest BCUT2D eigenvalue weighted by atomic mass is 16.5. The number of carbonyl (C=O) groups is 2. The van der Waals surface area contributed by atoms with Gasteiger partial charge in [-0.3, -0.25) is 4.79 Å². The average molecular weight is 378 g/mol. The van der Waals surface area contributed by atoms with Gasteiger partial charge in [0.2, 0.25) is 0 Å². The van der Waals surface area contributed by atoms with Crippen LogP contribution in [-0.2, 0) is 19.1 Å². The first kappa shape index (κ1) is 20.2. The molecule has 5 atom stereocenters. The van der Waals surface area contributed by atoms with Crippen molar-refractivity contribution in [3.8, 4) is 0 Å². The van der Waals surface area contributed by atoms with Crippen LogP contribution in [-0.4, -0.2) is 52.5 Å². The van der Waals surface area contributed by atoms with Crippen molar-refractivity contribution in [2.75, 3.05) is 7.11 Å². The van der Waals surface area contributed by atoms with Crippen LogP contribution in [0.5, 0.6) is 0 Å². The van der Waals surface area contributed by atoms with E-state index in [2.05, 4.69) is 0 Å². The molecule has 4 bridgehead atoms. The minimum atomic E-state index is -1.08. The lowest BCUT2D eigenvalue weighted by Crippen LogP contribution is -2.47. The number of Topliss-reactive ketones (excluding diaryl/α,β-unsaturated/α-hetero) is 1. The van der Waals surface area contributed by atoms with Crippen molar-refractivity contribution >= 4 is 11.8 Å². The van der Waals surface area contributed by atoms with Gasteiger partial charge in [-0.25, -0.2) is 4.79 Å². The van der Waals surface area contributed by atoms with Crippen molar-refractivity contribution in [1.29, 1.82) is 0 Å². The number of hydrogen-bond donors (Lipinski definition) is 2. The van der Waals surface area contributed by atoms with Crippen LogP contribution in [0.3, 0.4) is 0 Å². The van der Waals surface area contributed by atoms with Gasteiger partial charge in [-0.15, -0.1) is 0 Å². The molecule has 0 aromatic heterocycles. The molecule has 6 nitrogen and oxygen atoms in total. The second kappa shape index (κ2) is 7.15. The van der Waals surface area contributed by atoms with Crippen LogP contribution in [0, 0.1) is 5.92 Å².